The standard InChI is InChI=1S/C29H38N2O4/c32-24(30-26(22-13-5-1-6-14-22)28(34)17-9-3-10-18-28)21-25(33)31-27(23-15-7-2-8-16-23)29(35)19-11-4-12-20-29/h1-2,5-8,13-16,26-27,34-35H,3-4,9-12,17-21H2,(H,30,32)(H,31,33)/t26-,27-/m1/s1. The molecule has 2 atom stereocenters. The number of aliphatic hydroxyl groups is 2. The molecule has 2 saturated carbocycles. The quantitative estimate of drug-likeness (QED) is 0.421. The van der Waals surface area contributed by atoms with Gasteiger partial charge in [0.15, 0.2) is 0 Å². The highest BCUT2D eigenvalue weighted by atomic mass is 16.3. The second kappa shape index (κ2) is 11.4. The molecule has 0 bridgehead atoms. The third kappa shape index (κ3) is 6.30. The number of amides is 2. The van der Waals surface area contributed by atoms with Crippen LogP contribution in [0.1, 0.15) is 93.8 Å². The topological polar surface area (TPSA) is 98.7 Å². The van der Waals surface area contributed by atoms with Crippen LogP contribution < -0.4 is 10.6 Å². The summed E-state index contributed by atoms with van der Waals surface area (Å²) in [4.78, 5) is 26.1. The van der Waals surface area contributed by atoms with Gasteiger partial charge in [0.25, 0.3) is 0 Å². The van der Waals surface area contributed by atoms with Gasteiger partial charge in [-0.05, 0) is 36.8 Å². The van der Waals surface area contributed by atoms with Crippen LogP contribution in [0.2, 0.25) is 0 Å². The second-order valence-electron chi connectivity index (χ2n) is 10.3. The molecule has 0 heterocycles. The van der Waals surface area contributed by atoms with E-state index in [1.54, 1.807) is 0 Å². The number of carbonyl (C=O) groups excluding carboxylic acids is 2. The van der Waals surface area contributed by atoms with Gasteiger partial charge in [0.2, 0.25) is 11.8 Å². The van der Waals surface area contributed by atoms with Gasteiger partial charge in [-0.15, -0.1) is 0 Å². The van der Waals surface area contributed by atoms with Crippen LogP contribution >= 0.6 is 0 Å². The highest BCUT2D eigenvalue weighted by molar-refractivity contribution is 5.97. The fourth-order valence-electron chi connectivity index (χ4n) is 5.82. The summed E-state index contributed by atoms with van der Waals surface area (Å²) in [5.41, 5.74) is -0.390. The van der Waals surface area contributed by atoms with Crippen LogP contribution in [-0.2, 0) is 9.59 Å². The molecule has 0 radical (unpaired) electrons. The maximum Gasteiger partial charge on any atom is 0.230 e. The van der Waals surface area contributed by atoms with Gasteiger partial charge in [0.05, 0.1) is 23.3 Å². The first-order valence-corrected chi connectivity index (χ1v) is 13.0. The SMILES string of the molecule is O=C(CC(=O)N[C@H](c1ccccc1)C1(O)CCCCC1)N[C@H](c1ccccc1)C1(O)CCCCC1. The van der Waals surface area contributed by atoms with Crippen LogP contribution in [0.15, 0.2) is 60.7 Å². The Morgan fingerprint density at radius 1 is 0.629 bits per heavy atom. The van der Waals surface area contributed by atoms with Crippen molar-refractivity contribution in [2.45, 2.75) is 93.9 Å². The molecule has 0 spiro atoms. The van der Waals surface area contributed by atoms with Gasteiger partial charge in [-0.25, -0.2) is 0 Å². The molecule has 2 aromatic carbocycles. The van der Waals surface area contributed by atoms with Gasteiger partial charge >= 0.3 is 0 Å². The highest BCUT2D eigenvalue weighted by Crippen LogP contribution is 2.40. The van der Waals surface area contributed by atoms with Crippen molar-refractivity contribution in [2.75, 3.05) is 0 Å². The molecule has 0 aromatic heterocycles. The van der Waals surface area contributed by atoms with Gasteiger partial charge in [0.1, 0.15) is 6.42 Å². The monoisotopic (exact) mass is 478 g/mol. The minimum atomic E-state index is -1.03. The third-order valence-corrected chi connectivity index (χ3v) is 7.71. The molecule has 6 nitrogen and oxygen atoms in total. The van der Waals surface area contributed by atoms with E-state index in [0.717, 1.165) is 49.7 Å². The van der Waals surface area contributed by atoms with E-state index in [2.05, 4.69) is 10.6 Å². The van der Waals surface area contributed by atoms with Crippen LogP contribution in [0.4, 0.5) is 0 Å². The first kappa shape index (κ1) is 25.4. The molecule has 2 amide bonds. The van der Waals surface area contributed by atoms with E-state index in [-0.39, 0.29) is 6.42 Å². The van der Waals surface area contributed by atoms with Gasteiger partial charge in [-0.2, -0.15) is 0 Å². The lowest BCUT2D eigenvalue weighted by atomic mass is 9.76. The molecule has 2 fully saturated rings. The predicted molar refractivity (Wildman–Crippen MR) is 135 cm³/mol. The smallest absolute Gasteiger partial charge is 0.230 e. The summed E-state index contributed by atoms with van der Waals surface area (Å²) in [6.07, 6.45) is 7.88. The van der Waals surface area contributed by atoms with Crippen molar-refractivity contribution in [1.29, 1.82) is 0 Å². The zero-order valence-electron chi connectivity index (χ0n) is 20.4. The first-order valence-electron chi connectivity index (χ1n) is 13.0. The Balaban J connectivity index is 1.47. The van der Waals surface area contributed by atoms with Crippen molar-refractivity contribution in [2.24, 2.45) is 0 Å². The van der Waals surface area contributed by atoms with Crippen LogP contribution in [0.3, 0.4) is 0 Å². The number of nitrogens with one attached hydrogen (secondary N) is 2. The zero-order chi connectivity index (χ0) is 24.7. The highest BCUT2D eigenvalue weighted by Gasteiger charge is 2.41. The van der Waals surface area contributed by atoms with Crippen molar-refractivity contribution < 1.29 is 19.8 Å². The fraction of sp³-hybridized carbons (Fsp3) is 0.517. The van der Waals surface area contributed by atoms with Crippen molar-refractivity contribution in [1.82, 2.24) is 10.6 Å². The summed E-state index contributed by atoms with van der Waals surface area (Å²) in [5.74, 6) is -0.865. The van der Waals surface area contributed by atoms with E-state index in [0.29, 0.717) is 25.7 Å². The maximum atomic E-state index is 13.1. The van der Waals surface area contributed by atoms with Gasteiger partial charge in [-0.1, -0.05) is 99.2 Å². The van der Waals surface area contributed by atoms with Crippen LogP contribution in [0.5, 0.6) is 0 Å². The first-order chi connectivity index (χ1) is 16.9. The fourth-order valence-corrected chi connectivity index (χ4v) is 5.82. The normalized spacial score (nSPS) is 20.9. The summed E-state index contributed by atoms with van der Waals surface area (Å²) >= 11 is 0. The molecule has 2 aromatic rings. The zero-order valence-corrected chi connectivity index (χ0v) is 20.4. The van der Waals surface area contributed by atoms with Gasteiger partial charge in [0, 0.05) is 0 Å². The Hall–Kier alpha value is -2.70. The summed E-state index contributed by atoms with van der Waals surface area (Å²) in [6, 6.07) is 17.8. The number of carbonyl (C=O) groups is 2. The summed E-state index contributed by atoms with van der Waals surface area (Å²) < 4.78 is 0. The van der Waals surface area contributed by atoms with Crippen LogP contribution in [-0.4, -0.2) is 33.2 Å². The molecule has 35 heavy (non-hydrogen) atoms. The summed E-state index contributed by atoms with van der Waals surface area (Å²) in [5, 5.41) is 28.8. The lowest BCUT2D eigenvalue weighted by Crippen LogP contribution is -2.50. The Kier molecular flexibility index (Phi) is 8.24. The van der Waals surface area contributed by atoms with Gasteiger partial charge < -0.3 is 20.8 Å². The Morgan fingerprint density at radius 3 is 1.31 bits per heavy atom. The molecule has 2 aliphatic rings. The number of hydrogen-bond acceptors (Lipinski definition) is 4. The molecule has 0 unspecified atom stereocenters. The molecule has 0 aliphatic heterocycles. The Labute approximate surface area is 208 Å². The molecule has 0 saturated heterocycles. The van der Waals surface area contributed by atoms with E-state index < -0.39 is 35.1 Å². The third-order valence-electron chi connectivity index (χ3n) is 7.71. The number of benzene rings is 2. The molecular weight excluding hydrogens is 440 g/mol. The van der Waals surface area contributed by atoms with Crippen molar-refractivity contribution in [3.05, 3.63) is 71.8 Å². The largest absolute Gasteiger partial charge is 0.387 e. The molecule has 4 rings (SSSR count). The average Bonchev–Trinajstić information content (AvgIpc) is 2.87. The van der Waals surface area contributed by atoms with Crippen LogP contribution in [0, 0.1) is 0 Å². The molecule has 6 heteroatoms. The molecule has 188 valence electrons. The van der Waals surface area contributed by atoms with Crippen molar-refractivity contribution >= 4 is 11.8 Å². The lowest BCUT2D eigenvalue weighted by molar-refractivity contribution is -0.134. The van der Waals surface area contributed by atoms with Crippen molar-refractivity contribution in [3.8, 4) is 0 Å². The molecule has 4 N–H and O–H groups in total. The van der Waals surface area contributed by atoms with Gasteiger partial charge in [-0.3, -0.25) is 9.59 Å². The van der Waals surface area contributed by atoms with Crippen LogP contribution in [0.25, 0.3) is 0 Å². The average molecular weight is 479 g/mol. The Morgan fingerprint density at radius 2 is 0.971 bits per heavy atom. The lowest BCUT2D eigenvalue weighted by Gasteiger charge is -2.40. The summed E-state index contributed by atoms with van der Waals surface area (Å²) in [6.45, 7) is 0. The van der Waals surface area contributed by atoms with E-state index >= 15 is 0 Å². The number of rotatable bonds is 8. The molecule has 2 aliphatic carbocycles. The van der Waals surface area contributed by atoms with Crippen molar-refractivity contribution in [3.63, 3.8) is 0 Å². The minimum Gasteiger partial charge on any atom is -0.387 e. The maximum absolute atomic E-state index is 13.1. The van der Waals surface area contributed by atoms with E-state index in [9.17, 15) is 19.8 Å². The van der Waals surface area contributed by atoms with E-state index in [1.807, 2.05) is 60.7 Å². The second-order valence-corrected chi connectivity index (χ2v) is 10.3. The Bertz CT molecular complexity index is 887. The predicted octanol–water partition coefficient (Wildman–Crippen LogP) is 4.48. The number of hydrogen-bond donors (Lipinski definition) is 4. The van der Waals surface area contributed by atoms with E-state index in [1.165, 1.54) is 0 Å². The molecular formula is C29H38N2O4. The van der Waals surface area contributed by atoms with E-state index in [4.69, 9.17) is 0 Å². The summed E-state index contributed by atoms with van der Waals surface area (Å²) in [7, 11) is 0. The minimum absolute atomic E-state index is 0.362.